The molecule has 15 heteroatoms. The van der Waals surface area contributed by atoms with Crippen LogP contribution in [0.15, 0.2) is 71.8 Å². The largest absolute Gasteiger partial charge is 0.490 e. The van der Waals surface area contributed by atoms with Crippen molar-refractivity contribution in [3.63, 3.8) is 0 Å². The van der Waals surface area contributed by atoms with Crippen LogP contribution in [-0.4, -0.2) is 65.5 Å². The first-order chi connectivity index (χ1) is 21.1. The van der Waals surface area contributed by atoms with Crippen LogP contribution in [0.25, 0.3) is 10.8 Å². The first-order valence-electron chi connectivity index (χ1n) is 13.9. The van der Waals surface area contributed by atoms with E-state index >= 15 is 0 Å². The van der Waals surface area contributed by atoms with E-state index in [2.05, 4.69) is 15.6 Å². The van der Waals surface area contributed by atoms with Gasteiger partial charge in [-0.3, -0.25) is 19.4 Å². The van der Waals surface area contributed by atoms with E-state index in [4.69, 9.17) is 32.8 Å². The highest BCUT2D eigenvalue weighted by atomic mass is 19.4. The number of carbonyl (C=O) groups excluding carboxylic acids is 3. The number of hydrogen-bond donors (Lipinski definition) is 7. The topological polar surface area (TPSA) is 229 Å². The minimum absolute atomic E-state index is 0.0492. The molecule has 1 unspecified atom stereocenters. The lowest BCUT2D eigenvalue weighted by atomic mass is 9.71. The van der Waals surface area contributed by atoms with Crippen LogP contribution in [0.4, 0.5) is 18.9 Å². The lowest BCUT2D eigenvalue weighted by molar-refractivity contribution is -0.192. The predicted molar refractivity (Wildman–Crippen MR) is 165 cm³/mol. The van der Waals surface area contributed by atoms with Gasteiger partial charge in [-0.2, -0.15) is 13.2 Å². The molecule has 11 N–H and O–H groups in total. The van der Waals surface area contributed by atoms with Gasteiger partial charge in [0.15, 0.2) is 11.7 Å². The number of hydrogen-bond acceptors (Lipinski definition) is 7. The van der Waals surface area contributed by atoms with E-state index < -0.39 is 47.5 Å². The minimum atomic E-state index is -5.08. The fourth-order valence-electron chi connectivity index (χ4n) is 4.59. The number of carboxylic acid groups (broad SMARTS) is 1. The molecule has 45 heavy (non-hydrogen) atoms. The van der Waals surface area contributed by atoms with Crippen molar-refractivity contribution < 1.29 is 37.5 Å². The van der Waals surface area contributed by atoms with E-state index in [0.717, 1.165) is 10.8 Å². The van der Waals surface area contributed by atoms with E-state index in [1.165, 1.54) is 0 Å². The summed E-state index contributed by atoms with van der Waals surface area (Å²) in [7, 11) is 0. The Kier molecular flexibility index (Phi) is 13.2. The van der Waals surface area contributed by atoms with Gasteiger partial charge in [-0.25, -0.2) is 4.79 Å². The molecule has 244 valence electrons. The van der Waals surface area contributed by atoms with Crippen LogP contribution in [0.1, 0.15) is 32.6 Å². The molecule has 0 radical (unpaired) electrons. The van der Waals surface area contributed by atoms with Gasteiger partial charge < -0.3 is 38.7 Å². The molecule has 2 aromatic carbocycles. The number of rotatable bonds is 12. The maximum atomic E-state index is 13.2. The Labute approximate surface area is 257 Å². The van der Waals surface area contributed by atoms with Crippen LogP contribution in [0.2, 0.25) is 0 Å². The number of guanidine groups is 1. The van der Waals surface area contributed by atoms with Gasteiger partial charge in [0.25, 0.3) is 0 Å². The van der Waals surface area contributed by atoms with Gasteiger partial charge in [0.05, 0.1) is 17.5 Å². The number of allylic oxidation sites excluding steroid dienone is 4. The smallest absolute Gasteiger partial charge is 0.475 e. The molecular weight excluding hydrogens is 595 g/mol. The lowest BCUT2D eigenvalue weighted by Crippen LogP contribution is -2.53. The Morgan fingerprint density at radius 1 is 1.02 bits per heavy atom. The molecule has 1 aliphatic rings. The van der Waals surface area contributed by atoms with E-state index in [-0.39, 0.29) is 24.6 Å². The number of carbonyl (C=O) groups is 4. The number of amides is 2. The molecule has 0 aliphatic heterocycles. The van der Waals surface area contributed by atoms with Crippen molar-refractivity contribution in [2.24, 2.45) is 33.3 Å². The zero-order chi connectivity index (χ0) is 33.8. The summed E-state index contributed by atoms with van der Waals surface area (Å²) in [5.41, 5.74) is 22.6. The summed E-state index contributed by atoms with van der Waals surface area (Å²) in [5.74, 6) is -3.93. The van der Waals surface area contributed by atoms with Gasteiger partial charge >= 0.3 is 12.1 Å². The van der Waals surface area contributed by atoms with Gasteiger partial charge in [0.1, 0.15) is 6.04 Å². The van der Waals surface area contributed by atoms with Gasteiger partial charge in [-0.05, 0) is 55.5 Å². The number of fused-ring (bicyclic) bond motifs is 1. The highest BCUT2D eigenvalue weighted by molar-refractivity contribution is 6.00. The zero-order valence-electron chi connectivity index (χ0n) is 24.6. The molecule has 0 saturated heterocycles. The Hall–Kier alpha value is -4.76. The second-order valence-electron chi connectivity index (χ2n) is 10.5. The lowest BCUT2D eigenvalue weighted by Gasteiger charge is -2.33. The van der Waals surface area contributed by atoms with Crippen LogP contribution >= 0.6 is 0 Å². The molecule has 0 heterocycles. The fraction of sp³-hybridized carbons (Fsp3) is 0.367. The van der Waals surface area contributed by atoms with E-state index in [9.17, 15) is 27.6 Å². The third kappa shape index (κ3) is 11.4. The summed E-state index contributed by atoms with van der Waals surface area (Å²) in [6, 6.07) is 10.7. The number of Topliss-reactive ketones (excluding diaryl/α,β-unsaturated/α-hetero) is 1. The quantitative estimate of drug-likeness (QED) is 0.103. The highest BCUT2D eigenvalue weighted by Crippen LogP contribution is 2.35. The van der Waals surface area contributed by atoms with Crippen LogP contribution in [0.5, 0.6) is 0 Å². The molecular formula is C30H38F3N7O5. The maximum Gasteiger partial charge on any atom is 0.490 e. The van der Waals surface area contributed by atoms with Gasteiger partial charge in [-0.1, -0.05) is 54.6 Å². The van der Waals surface area contributed by atoms with Crippen LogP contribution < -0.4 is 33.6 Å². The summed E-state index contributed by atoms with van der Waals surface area (Å²) >= 11 is 0. The van der Waals surface area contributed by atoms with E-state index in [1.54, 1.807) is 25.1 Å². The van der Waals surface area contributed by atoms with Gasteiger partial charge in [0.2, 0.25) is 11.8 Å². The number of nitrogens with one attached hydrogen (secondary N) is 2. The van der Waals surface area contributed by atoms with Crippen molar-refractivity contribution in [1.29, 1.82) is 0 Å². The van der Waals surface area contributed by atoms with Crippen molar-refractivity contribution in [3.8, 4) is 0 Å². The molecule has 4 atom stereocenters. The average Bonchev–Trinajstić information content (AvgIpc) is 2.98. The van der Waals surface area contributed by atoms with Crippen molar-refractivity contribution in [2.45, 2.75) is 56.9 Å². The van der Waals surface area contributed by atoms with Gasteiger partial charge in [-0.15, -0.1) is 0 Å². The highest BCUT2D eigenvalue weighted by Gasteiger charge is 2.40. The zero-order valence-corrected chi connectivity index (χ0v) is 24.6. The number of nitrogens with two attached hydrogens (primary N) is 4. The van der Waals surface area contributed by atoms with E-state index in [1.807, 2.05) is 48.6 Å². The van der Waals surface area contributed by atoms with Crippen molar-refractivity contribution in [1.82, 2.24) is 5.32 Å². The Morgan fingerprint density at radius 2 is 1.67 bits per heavy atom. The molecule has 2 amide bonds. The number of carboxylic acids is 1. The summed E-state index contributed by atoms with van der Waals surface area (Å²) in [4.78, 5) is 52.2. The molecule has 0 aromatic heterocycles. The number of aliphatic imine (C=N–C) groups is 1. The number of halogens is 3. The van der Waals surface area contributed by atoms with Crippen molar-refractivity contribution in [2.75, 3.05) is 11.9 Å². The summed E-state index contributed by atoms with van der Waals surface area (Å²) in [5, 5.41) is 14.8. The molecule has 1 aliphatic carbocycles. The first kappa shape index (κ1) is 36.4. The minimum Gasteiger partial charge on any atom is -0.475 e. The molecule has 0 fully saturated rings. The van der Waals surface area contributed by atoms with Crippen molar-refractivity contribution >= 4 is 46.0 Å². The SMILES string of the molecule is C[C@H](N)C(=O)C1(C[C@H](N)C(=O)N[C@@H](CCCN=C(N)N)C(=O)Nc2ccc3ccccc3c2)C=CC=CC1.O=C(O)C(F)(F)F. The molecule has 2 aromatic rings. The Balaban J connectivity index is 0.000000900. The normalized spacial score (nSPS) is 17.6. The summed E-state index contributed by atoms with van der Waals surface area (Å²) in [6.07, 6.45) is 3.31. The third-order valence-corrected chi connectivity index (χ3v) is 6.81. The predicted octanol–water partition coefficient (Wildman–Crippen LogP) is 2.09. The Morgan fingerprint density at radius 3 is 2.22 bits per heavy atom. The van der Waals surface area contributed by atoms with E-state index in [0.29, 0.717) is 25.1 Å². The third-order valence-electron chi connectivity index (χ3n) is 6.81. The van der Waals surface area contributed by atoms with Gasteiger partial charge in [0, 0.05) is 12.2 Å². The van der Waals surface area contributed by atoms with Crippen LogP contribution in [0.3, 0.4) is 0 Å². The number of benzene rings is 2. The first-order valence-corrected chi connectivity index (χ1v) is 13.9. The maximum absolute atomic E-state index is 13.2. The number of nitrogens with zero attached hydrogens (tertiary/aromatic N) is 1. The monoisotopic (exact) mass is 633 g/mol. The van der Waals surface area contributed by atoms with Crippen molar-refractivity contribution in [3.05, 3.63) is 66.8 Å². The average molecular weight is 634 g/mol. The number of ketones is 1. The fourth-order valence-corrected chi connectivity index (χ4v) is 4.59. The second-order valence-corrected chi connectivity index (χ2v) is 10.5. The number of aliphatic carboxylic acids is 1. The van der Waals surface area contributed by atoms with Crippen LogP contribution in [-0.2, 0) is 19.2 Å². The second kappa shape index (κ2) is 16.4. The number of anilines is 1. The number of alkyl halides is 3. The summed E-state index contributed by atoms with van der Waals surface area (Å²) in [6.45, 7) is 1.92. The molecule has 0 saturated carbocycles. The Bertz CT molecular complexity index is 1450. The standard InChI is InChI=1S/C28H37N7O3.C2HF3O2/c1-18(29)24(36)28(13-5-2-6-14-28)17-22(30)25(37)35-23(10-7-15-33-27(31)32)26(38)34-21-12-11-19-8-3-4-9-20(19)16-21;3-2(4,5)1(6)7/h2-6,8-9,11-13,16,18,22-23H,7,10,14-15,17,29-30H2,1H3,(H,34,38)(H,35,37)(H4,31,32,33);(H,6,7)/t18-,22-,23-,28?;/m0./s1. The molecule has 3 rings (SSSR count). The molecule has 0 bridgehead atoms. The molecule has 0 spiro atoms. The summed E-state index contributed by atoms with van der Waals surface area (Å²) < 4.78 is 31.7. The molecule has 12 nitrogen and oxygen atoms in total. The van der Waals surface area contributed by atoms with Crippen LogP contribution in [0, 0.1) is 5.41 Å².